The molecule has 0 saturated heterocycles. The lowest BCUT2D eigenvalue weighted by Crippen LogP contribution is -2.25. The van der Waals surface area contributed by atoms with Crippen LogP contribution in [0.1, 0.15) is 18.1 Å². The highest BCUT2D eigenvalue weighted by Gasteiger charge is 2.31. The van der Waals surface area contributed by atoms with Crippen molar-refractivity contribution in [3.8, 4) is 0 Å². The van der Waals surface area contributed by atoms with Crippen LogP contribution in [0.15, 0.2) is 42.5 Å². The molecule has 0 aliphatic rings. The zero-order valence-corrected chi connectivity index (χ0v) is 16.6. The number of hydrogen-bond donors (Lipinski definition) is 2. The van der Waals surface area contributed by atoms with Gasteiger partial charge in [0, 0.05) is 5.69 Å². The van der Waals surface area contributed by atoms with Gasteiger partial charge in [-0.3, -0.25) is 9.59 Å². The third-order valence-corrected chi connectivity index (χ3v) is 5.19. The van der Waals surface area contributed by atoms with Crippen LogP contribution in [0.25, 0.3) is 0 Å². The molecule has 0 radical (unpaired) electrons. The first-order valence-corrected chi connectivity index (χ1v) is 9.64. The maximum atomic E-state index is 12.8. The summed E-state index contributed by atoms with van der Waals surface area (Å²) in [4.78, 5) is 24.2. The van der Waals surface area contributed by atoms with Gasteiger partial charge in [-0.2, -0.15) is 13.2 Å². The molecular weight excluding hydrogens is 413 g/mol. The van der Waals surface area contributed by atoms with E-state index in [1.807, 2.05) is 19.1 Å². The van der Waals surface area contributed by atoms with Gasteiger partial charge in [0.1, 0.15) is 0 Å². The zero-order chi connectivity index (χ0) is 20.9. The van der Waals surface area contributed by atoms with Crippen molar-refractivity contribution in [1.29, 1.82) is 0 Å². The summed E-state index contributed by atoms with van der Waals surface area (Å²) < 4.78 is 38.4. The van der Waals surface area contributed by atoms with E-state index >= 15 is 0 Å². The topological polar surface area (TPSA) is 58.2 Å². The Labute approximate surface area is 169 Å². The number of thioether (sulfide) groups is 1. The van der Waals surface area contributed by atoms with Crippen LogP contribution < -0.4 is 10.6 Å². The molecule has 0 aromatic heterocycles. The minimum absolute atomic E-state index is 0.00401. The lowest BCUT2D eigenvalue weighted by molar-refractivity contribution is -0.137. The van der Waals surface area contributed by atoms with E-state index in [4.69, 9.17) is 11.6 Å². The molecule has 2 N–H and O–H groups in total. The van der Waals surface area contributed by atoms with Crippen molar-refractivity contribution in [3.05, 3.63) is 58.6 Å². The summed E-state index contributed by atoms with van der Waals surface area (Å²) in [6.07, 6.45) is -4.54. The fraction of sp³-hybridized carbons (Fsp3) is 0.263. The Balaban J connectivity index is 1.90. The first kappa shape index (κ1) is 22.1. The number of aryl methyl sites for hydroxylation is 1. The number of alkyl halides is 3. The van der Waals surface area contributed by atoms with Crippen molar-refractivity contribution in [2.75, 3.05) is 16.4 Å². The number of anilines is 2. The van der Waals surface area contributed by atoms with Gasteiger partial charge in [0.05, 0.1) is 27.3 Å². The van der Waals surface area contributed by atoms with E-state index in [1.54, 1.807) is 19.1 Å². The molecule has 28 heavy (non-hydrogen) atoms. The fourth-order valence-electron chi connectivity index (χ4n) is 2.14. The number of hydrogen-bond acceptors (Lipinski definition) is 3. The molecule has 0 aliphatic carbocycles. The minimum Gasteiger partial charge on any atom is -0.325 e. The Morgan fingerprint density at radius 2 is 1.75 bits per heavy atom. The number of nitrogens with one attached hydrogen (secondary N) is 2. The maximum absolute atomic E-state index is 12.8. The van der Waals surface area contributed by atoms with Gasteiger partial charge >= 0.3 is 6.18 Å². The monoisotopic (exact) mass is 430 g/mol. The quantitative estimate of drug-likeness (QED) is 0.648. The van der Waals surface area contributed by atoms with Crippen molar-refractivity contribution in [2.45, 2.75) is 25.3 Å². The average molecular weight is 431 g/mol. The molecule has 1 atom stereocenters. The van der Waals surface area contributed by atoms with Crippen LogP contribution in [0, 0.1) is 6.92 Å². The molecule has 1 unspecified atom stereocenters. The molecule has 0 aliphatic heterocycles. The van der Waals surface area contributed by atoms with Gasteiger partial charge in [-0.1, -0.05) is 29.3 Å². The number of halogens is 4. The smallest absolute Gasteiger partial charge is 0.325 e. The van der Waals surface area contributed by atoms with E-state index in [1.165, 1.54) is 0 Å². The Kier molecular flexibility index (Phi) is 7.37. The normalized spacial score (nSPS) is 12.4. The van der Waals surface area contributed by atoms with Gasteiger partial charge in [0.15, 0.2) is 0 Å². The highest BCUT2D eigenvalue weighted by molar-refractivity contribution is 8.01. The third kappa shape index (κ3) is 6.45. The Hall–Kier alpha value is -2.19. The maximum Gasteiger partial charge on any atom is 0.416 e. The molecule has 150 valence electrons. The molecule has 0 heterocycles. The van der Waals surface area contributed by atoms with Crippen molar-refractivity contribution in [2.24, 2.45) is 0 Å². The molecule has 4 nitrogen and oxygen atoms in total. The van der Waals surface area contributed by atoms with Gasteiger partial charge in [-0.25, -0.2) is 0 Å². The van der Waals surface area contributed by atoms with Gasteiger partial charge in [-0.05, 0) is 44.2 Å². The highest BCUT2D eigenvalue weighted by atomic mass is 35.5. The summed E-state index contributed by atoms with van der Waals surface area (Å²) in [5.41, 5.74) is 0.665. The van der Waals surface area contributed by atoms with Crippen LogP contribution in [0.4, 0.5) is 24.5 Å². The number of rotatable bonds is 6. The number of benzene rings is 2. The first-order chi connectivity index (χ1) is 13.1. The molecule has 0 bridgehead atoms. The van der Waals surface area contributed by atoms with E-state index < -0.39 is 22.9 Å². The van der Waals surface area contributed by atoms with E-state index in [0.29, 0.717) is 5.69 Å². The minimum atomic E-state index is -4.54. The molecule has 2 aromatic rings. The molecule has 2 aromatic carbocycles. The van der Waals surface area contributed by atoms with Crippen LogP contribution >= 0.6 is 23.4 Å². The van der Waals surface area contributed by atoms with Gasteiger partial charge in [0.25, 0.3) is 0 Å². The van der Waals surface area contributed by atoms with Crippen LogP contribution in [-0.4, -0.2) is 22.8 Å². The van der Waals surface area contributed by atoms with Crippen molar-refractivity contribution >= 4 is 46.6 Å². The number of amides is 2. The predicted molar refractivity (Wildman–Crippen MR) is 107 cm³/mol. The number of carbonyl (C=O) groups excluding carboxylic acids is 2. The highest BCUT2D eigenvalue weighted by Crippen LogP contribution is 2.34. The van der Waals surface area contributed by atoms with E-state index in [0.717, 1.165) is 35.5 Å². The molecule has 0 fully saturated rings. The summed E-state index contributed by atoms with van der Waals surface area (Å²) in [5, 5.41) is 4.41. The summed E-state index contributed by atoms with van der Waals surface area (Å²) in [6, 6.07) is 9.95. The Morgan fingerprint density at radius 1 is 1.11 bits per heavy atom. The fourth-order valence-corrected chi connectivity index (χ4v) is 2.99. The largest absolute Gasteiger partial charge is 0.416 e. The standard InChI is InChI=1S/C19H18ClF3N2O2S/c1-11-3-6-14(7-4-11)24-17(26)10-28-12(2)18(27)25-16-9-13(19(21,22)23)5-8-15(16)20/h3-9,12H,10H2,1-2H3,(H,24,26)(H,25,27). The van der Waals surface area contributed by atoms with Crippen LogP contribution in [0.2, 0.25) is 5.02 Å². The predicted octanol–water partition coefficient (Wildman–Crippen LogP) is 5.37. The van der Waals surface area contributed by atoms with Gasteiger partial charge in [0.2, 0.25) is 11.8 Å². The van der Waals surface area contributed by atoms with Crippen LogP contribution in [0.5, 0.6) is 0 Å². The molecule has 0 saturated carbocycles. The SMILES string of the molecule is Cc1ccc(NC(=O)CSC(C)C(=O)Nc2cc(C(F)(F)F)ccc2Cl)cc1. The molecule has 2 rings (SSSR count). The van der Waals surface area contributed by atoms with Crippen molar-refractivity contribution < 1.29 is 22.8 Å². The second-order valence-electron chi connectivity index (χ2n) is 6.05. The second-order valence-corrected chi connectivity index (χ2v) is 7.79. The summed E-state index contributed by atoms with van der Waals surface area (Å²) >= 11 is 6.93. The molecule has 9 heteroatoms. The zero-order valence-electron chi connectivity index (χ0n) is 15.1. The first-order valence-electron chi connectivity index (χ1n) is 8.22. The average Bonchev–Trinajstić information content (AvgIpc) is 2.62. The van der Waals surface area contributed by atoms with Gasteiger partial charge in [-0.15, -0.1) is 11.8 Å². The Bertz CT molecular complexity index is 857. The van der Waals surface area contributed by atoms with Crippen LogP contribution in [-0.2, 0) is 15.8 Å². The molecule has 2 amide bonds. The molecular formula is C19H18ClF3N2O2S. The van der Waals surface area contributed by atoms with E-state index in [9.17, 15) is 22.8 Å². The number of carbonyl (C=O) groups is 2. The van der Waals surface area contributed by atoms with E-state index in [-0.39, 0.29) is 22.4 Å². The van der Waals surface area contributed by atoms with E-state index in [2.05, 4.69) is 10.6 Å². The lowest BCUT2D eigenvalue weighted by Gasteiger charge is -2.15. The van der Waals surface area contributed by atoms with Crippen molar-refractivity contribution in [3.63, 3.8) is 0 Å². The molecule has 0 spiro atoms. The lowest BCUT2D eigenvalue weighted by atomic mass is 10.2. The summed E-state index contributed by atoms with van der Waals surface area (Å²) in [7, 11) is 0. The summed E-state index contributed by atoms with van der Waals surface area (Å²) in [6.45, 7) is 3.49. The van der Waals surface area contributed by atoms with Crippen LogP contribution in [0.3, 0.4) is 0 Å². The second kappa shape index (κ2) is 9.34. The summed E-state index contributed by atoms with van der Waals surface area (Å²) in [5.74, 6) is -0.821. The Morgan fingerprint density at radius 3 is 2.36 bits per heavy atom. The third-order valence-electron chi connectivity index (χ3n) is 3.72. The van der Waals surface area contributed by atoms with Crippen molar-refractivity contribution in [1.82, 2.24) is 0 Å². The van der Waals surface area contributed by atoms with Gasteiger partial charge < -0.3 is 10.6 Å².